The van der Waals surface area contributed by atoms with Crippen LogP contribution in [0.15, 0.2) is 47.3 Å². The lowest BCUT2D eigenvalue weighted by molar-refractivity contribution is -0.134. The minimum atomic E-state index is -0.479. The van der Waals surface area contributed by atoms with Gasteiger partial charge in [-0.3, -0.25) is 14.5 Å². The summed E-state index contributed by atoms with van der Waals surface area (Å²) in [7, 11) is 0. The summed E-state index contributed by atoms with van der Waals surface area (Å²) in [5, 5.41) is 5.96. The van der Waals surface area contributed by atoms with Crippen LogP contribution in [0.2, 0.25) is 0 Å². The first-order valence-corrected chi connectivity index (χ1v) is 10.4. The van der Waals surface area contributed by atoms with E-state index in [0.717, 1.165) is 37.2 Å². The second kappa shape index (κ2) is 9.30. The Morgan fingerprint density at radius 2 is 1.93 bits per heavy atom. The van der Waals surface area contributed by atoms with Gasteiger partial charge in [-0.2, -0.15) is 0 Å². The molecule has 2 aliphatic rings. The zero-order valence-corrected chi connectivity index (χ0v) is 16.9. The quantitative estimate of drug-likeness (QED) is 0.755. The van der Waals surface area contributed by atoms with Crippen LogP contribution in [-0.2, 0) is 16.1 Å². The maximum atomic E-state index is 13.1. The first-order chi connectivity index (χ1) is 14.6. The summed E-state index contributed by atoms with van der Waals surface area (Å²) in [5.41, 5.74) is 1.98. The van der Waals surface area contributed by atoms with E-state index in [4.69, 9.17) is 4.42 Å². The maximum absolute atomic E-state index is 13.1. The number of furan rings is 1. The minimum Gasteiger partial charge on any atom is -0.472 e. The minimum absolute atomic E-state index is 0.0863. The van der Waals surface area contributed by atoms with E-state index in [1.807, 2.05) is 11.0 Å². The second-order valence-corrected chi connectivity index (χ2v) is 7.92. The van der Waals surface area contributed by atoms with Crippen molar-refractivity contribution in [2.45, 2.75) is 37.9 Å². The highest BCUT2D eigenvalue weighted by molar-refractivity contribution is 5.88. The van der Waals surface area contributed by atoms with Crippen LogP contribution in [0, 0.1) is 5.82 Å². The van der Waals surface area contributed by atoms with Gasteiger partial charge >= 0.3 is 0 Å². The maximum Gasteiger partial charge on any atom is 0.237 e. The van der Waals surface area contributed by atoms with Gasteiger partial charge in [-0.05, 0) is 43.2 Å². The molecule has 0 aliphatic carbocycles. The monoisotopic (exact) mass is 414 g/mol. The van der Waals surface area contributed by atoms with Crippen molar-refractivity contribution >= 4 is 17.5 Å². The van der Waals surface area contributed by atoms with Crippen LogP contribution in [0.5, 0.6) is 0 Å². The molecule has 1 aromatic heterocycles. The van der Waals surface area contributed by atoms with Gasteiger partial charge in [0.1, 0.15) is 5.82 Å². The summed E-state index contributed by atoms with van der Waals surface area (Å²) < 4.78 is 18.2. The molecule has 160 valence electrons. The number of hydrogen-bond acceptors (Lipinski definition) is 5. The number of nitrogens with one attached hydrogen (secondary N) is 2. The SMILES string of the molecule is O=C(C[C@H]1C(=O)NCCN1Cc1ccoc1)NC1CCN(c2ccc(F)cc2)CC1. The van der Waals surface area contributed by atoms with Crippen LogP contribution in [-0.4, -0.2) is 55.0 Å². The van der Waals surface area contributed by atoms with E-state index in [9.17, 15) is 14.0 Å². The van der Waals surface area contributed by atoms with Gasteiger partial charge in [0.25, 0.3) is 0 Å². The van der Waals surface area contributed by atoms with Gasteiger partial charge in [0.15, 0.2) is 0 Å². The number of carbonyl (C=O) groups is 2. The van der Waals surface area contributed by atoms with E-state index in [0.29, 0.717) is 19.6 Å². The molecule has 0 radical (unpaired) electrons. The van der Waals surface area contributed by atoms with Crippen LogP contribution in [0.3, 0.4) is 0 Å². The highest BCUT2D eigenvalue weighted by Gasteiger charge is 2.32. The van der Waals surface area contributed by atoms with Crippen LogP contribution < -0.4 is 15.5 Å². The van der Waals surface area contributed by atoms with Crippen molar-refractivity contribution < 1.29 is 18.4 Å². The number of halogens is 1. The molecule has 0 bridgehead atoms. The van der Waals surface area contributed by atoms with E-state index in [2.05, 4.69) is 15.5 Å². The lowest BCUT2D eigenvalue weighted by atomic mass is 10.0. The Morgan fingerprint density at radius 1 is 1.17 bits per heavy atom. The number of nitrogens with zero attached hydrogens (tertiary/aromatic N) is 2. The summed E-state index contributed by atoms with van der Waals surface area (Å²) in [6, 6.07) is 7.98. The molecule has 2 saturated heterocycles. The average molecular weight is 414 g/mol. The predicted molar refractivity (Wildman–Crippen MR) is 110 cm³/mol. The van der Waals surface area contributed by atoms with Crippen molar-refractivity contribution in [2.75, 3.05) is 31.1 Å². The molecule has 2 amide bonds. The fourth-order valence-corrected chi connectivity index (χ4v) is 4.19. The van der Waals surface area contributed by atoms with Gasteiger partial charge < -0.3 is 20.0 Å². The van der Waals surface area contributed by atoms with Crippen LogP contribution in [0.1, 0.15) is 24.8 Å². The van der Waals surface area contributed by atoms with Crippen molar-refractivity contribution in [2.24, 2.45) is 0 Å². The molecule has 7 nitrogen and oxygen atoms in total. The standard InChI is InChI=1S/C22H27FN4O3/c23-17-1-3-19(4-2-17)26-9-5-18(6-10-26)25-21(28)13-20-22(29)24-8-11-27(20)14-16-7-12-30-15-16/h1-4,7,12,15,18,20H,5-6,8-11,13-14H2,(H,24,29)(H,25,28)/t20-/m0/s1. The molecule has 2 aromatic rings. The molecule has 0 spiro atoms. The molecular formula is C22H27FN4O3. The van der Waals surface area contributed by atoms with Crippen molar-refractivity contribution in [1.29, 1.82) is 0 Å². The van der Waals surface area contributed by atoms with Gasteiger partial charge in [0, 0.05) is 50.0 Å². The molecule has 1 aromatic carbocycles. The summed E-state index contributed by atoms with van der Waals surface area (Å²) in [5.74, 6) is -0.449. The Morgan fingerprint density at radius 3 is 2.63 bits per heavy atom. The lowest BCUT2D eigenvalue weighted by Crippen LogP contribution is -2.56. The number of anilines is 1. The van der Waals surface area contributed by atoms with E-state index in [1.54, 1.807) is 24.7 Å². The molecule has 2 N–H and O–H groups in total. The van der Waals surface area contributed by atoms with Gasteiger partial charge in [0.2, 0.25) is 11.8 Å². The third-order valence-corrected chi connectivity index (χ3v) is 5.84. The number of amides is 2. The highest BCUT2D eigenvalue weighted by Crippen LogP contribution is 2.21. The first-order valence-electron chi connectivity index (χ1n) is 10.4. The molecule has 8 heteroatoms. The van der Waals surface area contributed by atoms with Crippen LogP contribution in [0.25, 0.3) is 0 Å². The molecule has 1 atom stereocenters. The summed E-state index contributed by atoms with van der Waals surface area (Å²) in [4.78, 5) is 29.3. The Balaban J connectivity index is 1.28. The Labute approximate surface area is 175 Å². The van der Waals surface area contributed by atoms with Crippen molar-refractivity contribution in [3.8, 4) is 0 Å². The van der Waals surface area contributed by atoms with Crippen LogP contribution >= 0.6 is 0 Å². The first kappa shape index (κ1) is 20.4. The Kier molecular flexibility index (Phi) is 6.32. The van der Waals surface area contributed by atoms with E-state index in [-0.39, 0.29) is 30.1 Å². The number of rotatable bonds is 6. The lowest BCUT2D eigenvalue weighted by Gasteiger charge is -2.36. The van der Waals surface area contributed by atoms with Crippen molar-refractivity contribution in [3.63, 3.8) is 0 Å². The number of benzene rings is 1. The molecule has 3 heterocycles. The average Bonchev–Trinajstić information content (AvgIpc) is 3.25. The molecule has 30 heavy (non-hydrogen) atoms. The van der Waals surface area contributed by atoms with E-state index >= 15 is 0 Å². The zero-order valence-electron chi connectivity index (χ0n) is 16.9. The number of piperazine rings is 1. The largest absolute Gasteiger partial charge is 0.472 e. The predicted octanol–water partition coefficient (Wildman–Crippen LogP) is 1.89. The van der Waals surface area contributed by atoms with Crippen LogP contribution in [0.4, 0.5) is 10.1 Å². The molecule has 0 unspecified atom stereocenters. The third kappa shape index (κ3) is 4.99. The smallest absolute Gasteiger partial charge is 0.237 e. The fraction of sp³-hybridized carbons (Fsp3) is 0.455. The number of carbonyl (C=O) groups excluding carboxylic acids is 2. The summed E-state index contributed by atoms with van der Waals surface area (Å²) in [6.07, 6.45) is 5.05. The number of piperidine rings is 1. The van der Waals surface area contributed by atoms with E-state index in [1.165, 1.54) is 12.1 Å². The fourth-order valence-electron chi connectivity index (χ4n) is 4.19. The van der Waals surface area contributed by atoms with Gasteiger partial charge in [-0.1, -0.05) is 0 Å². The number of hydrogen-bond donors (Lipinski definition) is 2. The Bertz CT molecular complexity index is 848. The van der Waals surface area contributed by atoms with E-state index < -0.39 is 6.04 Å². The summed E-state index contributed by atoms with van der Waals surface area (Å²) in [6.45, 7) is 3.46. The molecule has 2 fully saturated rings. The topological polar surface area (TPSA) is 77.8 Å². The third-order valence-electron chi connectivity index (χ3n) is 5.84. The van der Waals surface area contributed by atoms with Gasteiger partial charge in [-0.25, -0.2) is 4.39 Å². The molecule has 4 rings (SSSR count). The molecule has 0 saturated carbocycles. The molecule has 2 aliphatic heterocycles. The highest BCUT2D eigenvalue weighted by atomic mass is 19.1. The molecular weight excluding hydrogens is 387 g/mol. The van der Waals surface area contributed by atoms with Gasteiger partial charge in [-0.15, -0.1) is 0 Å². The van der Waals surface area contributed by atoms with Crippen molar-refractivity contribution in [3.05, 3.63) is 54.2 Å². The second-order valence-electron chi connectivity index (χ2n) is 7.92. The normalized spacial score (nSPS) is 20.8. The zero-order chi connectivity index (χ0) is 20.9. The van der Waals surface area contributed by atoms with Crippen molar-refractivity contribution in [1.82, 2.24) is 15.5 Å². The Hall–Kier alpha value is -2.87. The summed E-state index contributed by atoms with van der Waals surface area (Å²) >= 11 is 0. The van der Waals surface area contributed by atoms with Gasteiger partial charge in [0.05, 0.1) is 25.0 Å².